The Morgan fingerprint density at radius 2 is 1.76 bits per heavy atom. The smallest absolute Gasteiger partial charge is 0.345 e. The lowest BCUT2D eigenvalue weighted by Crippen LogP contribution is -2.44. The average molecular weight is 395 g/mol. The third-order valence-corrected chi connectivity index (χ3v) is 5.33. The van der Waals surface area contributed by atoms with Gasteiger partial charge in [0.2, 0.25) is 6.10 Å². The maximum Gasteiger partial charge on any atom is 0.345 e. The molecule has 1 aliphatic carbocycles. The van der Waals surface area contributed by atoms with Crippen molar-refractivity contribution in [3.63, 3.8) is 0 Å². The molecule has 2 aromatic rings. The Kier molecular flexibility index (Phi) is 6.10. The van der Waals surface area contributed by atoms with Crippen LogP contribution in [0, 0.1) is 0 Å². The van der Waals surface area contributed by atoms with Gasteiger partial charge >= 0.3 is 5.97 Å². The van der Waals surface area contributed by atoms with Gasteiger partial charge in [0, 0.05) is 18.7 Å². The molecule has 0 spiro atoms. The molecular formula is C23H25NO5. The fraction of sp³-hybridized carbons (Fsp3) is 0.391. The molecule has 4 rings (SSSR count). The minimum Gasteiger partial charge on any atom is -0.482 e. The fourth-order valence-electron chi connectivity index (χ4n) is 3.78. The maximum atomic E-state index is 13.0. The van der Waals surface area contributed by atoms with E-state index in [1.807, 2.05) is 30.3 Å². The van der Waals surface area contributed by atoms with Crippen LogP contribution in [0.5, 0.6) is 5.75 Å². The van der Waals surface area contributed by atoms with Crippen molar-refractivity contribution in [1.82, 2.24) is 4.90 Å². The quantitative estimate of drug-likeness (QED) is 0.704. The lowest BCUT2D eigenvalue weighted by atomic mass is 10.1. The van der Waals surface area contributed by atoms with Crippen LogP contribution in [0.2, 0.25) is 0 Å². The minimum absolute atomic E-state index is 0.231. The molecule has 0 radical (unpaired) electrons. The topological polar surface area (TPSA) is 65.1 Å². The predicted molar refractivity (Wildman–Crippen MR) is 107 cm³/mol. The molecular weight excluding hydrogens is 370 g/mol. The fourth-order valence-corrected chi connectivity index (χ4v) is 3.78. The van der Waals surface area contributed by atoms with Crippen LogP contribution in [-0.4, -0.2) is 49.7 Å². The van der Waals surface area contributed by atoms with Crippen LogP contribution in [0.25, 0.3) is 0 Å². The van der Waals surface area contributed by atoms with Crippen LogP contribution in [0.1, 0.15) is 29.2 Å². The Bertz CT molecular complexity index is 861. The number of ether oxygens (including phenoxy) is 3. The van der Waals surface area contributed by atoms with Crippen molar-refractivity contribution < 1.29 is 23.8 Å². The van der Waals surface area contributed by atoms with Crippen molar-refractivity contribution in [3.05, 3.63) is 65.2 Å². The van der Waals surface area contributed by atoms with Crippen LogP contribution in [0.4, 0.5) is 0 Å². The van der Waals surface area contributed by atoms with Crippen LogP contribution >= 0.6 is 0 Å². The number of fused-ring (bicyclic) bond motifs is 1. The summed E-state index contributed by atoms with van der Waals surface area (Å²) in [6.07, 6.45) is 2.31. The first kappa shape index (κ1) is 19.5. The number of esters is 1. The third-order valence-electron chi connectivity index (χ3n) is 5.33. The average Bonchev–Trinajstić information content (AvgIpc) is 3.25. The van der Waals surface area contributed by atoms with E-state index in [0.29, 0.717) is 37.6 Å². The van der Waals surface area contributed by atoms with Gasteiger partial charge in [-0.3, -0.25) is 4.79 Å². The minimum atomic E-state index is -0.981. The summed E-state index contributed by atoms with van der Waals surface area (Å²) in [4.78, 5) is 27.1. The van der Waals surface area contributed by atoms with E-state index in [1.165, 1.54) is 11.1 Å². The number of hydrogen-bond donors (Lipinski definition) is 0. The van der Waals surface area contributed by atoms with E-state index in [0.717, 1.165) is 19.3 Å². The van der Waals surface area contributed by atoms with E-state index in [1.54, 1.807) is 17.0 Å². The van der Waals surface area contributed by atoms with Gasteiger partial charge in [0.1, 0.15) is 5.75 Å². The van der Waals surface area contributed by atoms with Gasteiger partial charge in [0.15, 0.2) is 6.61 Å². The first-order valence-corrected chi connectivity index (χ1v) is 10.1. The van der Waals surface area contributed by atoms with Crippen molar-refractivity contribution in [3.8, 4) is 5.75 Å². The van der Waals surface area contributed by atoms with E-state index < -0.39 is 12.1 Å². The first-order chi connectivity index (χ1) is 14.2. The molecule has 29 heavy (non-hydrogen) atoms. The second-order valence-electron chi connectivity index (χ2n) is 7.29. The highest BCUT2D eigenvalue weighted by Crippen LogP contribution is 2.26. The normalized spacial score (nSPS) is 16.8. The molecule has 6 heteroatoms. The van der Waals surface area contributed by atoms with Crippen molar-refractivity contribution in [2.75, 3.05) is 32.9 Å². The molecule has 1 atom stereocenters. The largest absolute Gasteiger partial charge is 0.482 e. The number of carbonyl (C=O) groups is 2. The molecule has 0 unspecified atom stereocenters. The van der Waals surface area contributed by atoms with Crippen molar-refractivity contribution in [2.24, 2.45) is 0 Å². The zero-order valence-corrected chi connectivity index (χ0v) is 16.3. The van der Waals surface area contributed by atoms with Gasteiger partial charge in [0.05, 0.1) is 13.2 Å². The summed E-state index contributed by atoms with van der Waals surface area (Å²) in [5.41, 5.74) is 3.27. The van der Waals surface area contributed by atoms with E-state index in [2.05, 4.69) is 6.07 Å². The second-order valence-corrected chi connectivity index (χ2v) is 7.29. The maximum absolute atomic E-state index is 13.0. The third kappa shape index (κ3) is 4.77. The summed E-state index contributed by atoms with van der Waals surface area (Å²) in [6.45, 7) is 1.72. The highest BCUT2D eigenvalue weighted by atomic mass is 16.6. The molecule has 6 nitrogen and oxygen atoms in total. The molecule has 0 saturated carbocycles. The Hall–Kier alpha value is -2.86. The summed E-state index contributed by atoms with van der Waals surface area (Å²) in [6, 6.07) is 15.0. The van der Waals surface area contributed by atoms with Gasteiger partial charge in [-0.15, -0.1) is 0 Å². The molecule has 2 aliphatic rings. The first-order valence-electron chi connectivity index (χ1n) is 10.1. The summed E-state index contributed by atoms with van der Waals surface area (Å²) >= 11 is 0. The molecule has 0 N–H and O–H groups in total. The van der Waals surface area contributed by atoms with Crippen LogP contribution in [0.3, 0.4) is 0 Å². The number of amides is 1. The molecule has 0 bridgehead atoms. The van der Waals surface area contributed by atoms with Gasteiger partial charge in [-0.2, -0.15) is 0 Å². The van der Waals surface area contributed by atoms with Crippen LogP contribution < -0.4 is 4.74 Å². The predicted octanol–water partition coefficient (Wildman–Crippen LogP) is 2.70. The van der Waals surface area contributed by atoms with E-state index >= 15 is 0 Å². The van der Waals surface area contributed by atoms with Gasteiger partial charge in [-0.1, -0.05) is 36.4 Å². The second kappa shape index (κ2) is 9.09. The number of carbonyl (C=O) groups excluding carboxylic acids is 2. The highest BCUT2D eigenvalue weighted by Gasteiger charge is 2.30. The van der Waals surface area contributed by atoms with Crippen molar-refractivity contribution in [2.45, 2.75) is 25.4 Å². The molecule has 152 valence electrons. The number of nitrogens with zero attached hydrogens (tertiary/aromatic N) is 1. The number of benzene rings is 2. The lowest BCUT2D eigenvalue weighted by Gasteiger charge is -2.30. The van der Waals surface area contributed by atoms with Gasteiger partial charge in [-0.05, 0) is 42.5 Å². The zero-order valence-electron chi connectivity index (χ0n) is 16.3. The Labute approximate surface area is 170 Å². The Balaban J connectivity index is 1.41. The summed E-state index contributed by atoms with van der Waals surface area (Å²) in [5, 5.41) is 0. The van der Waals surface area contributed by atoms with Crippen LogP contribution in [-0.2, 0) is 31.9 Å². The molecule has 1 aliphatic heterocycles. The monoisotopic (exact) mass is 395 g/mol. The summed E-state index contributed by atoms with van der Waals surface area (Å²) in [5.74, 6) is -0.148. The number of hydrogen-bond acceptors (Lipinski definition) is 5. The molecule has 1 amide bonds. The molecule has 0 aromatic heterocycles. The van der Waals surface area contributed by atoms with E-state index in [9.17, 15) is 9.59 Å². The Morgan fingerprint density at radius 3 is 2.55 bits per heavy atom. The van der Waals surface area contributed by atoms with E-state index in [4.69, 9.17) is 14.2 Å². The van der Waals surface area contributed by atoms with Gasteiger partial charge < -0.3 is 19.1 Å². The lowest BCUT2D eigenvalue weighted by molar-refractivity contribution is -0.164. The van der Waals surface area contributed by atoms with Gasteiger partial charge in [0.25, 0.3) is 5.91 Å². The highest BCUT2D eigenvalue weighted by molar-refractivity contribution is 5.85. The SMILES string of the molecule is O=C(COc1ccc2c(c1)CCC2)O[C@@H](C(=O)N1CCOCC1)c1ccccc1. The number of rotatable bonds is 6. The number of aryl methyl sites for hydroxylation is 2. The summed E-state index contributed by atoms with van der Waals surface area (Å²) < 4.78 is 16.5. The molecule has 1 saturated heterocycles. The standard InChI is InChI=1S/C23H25NO5/c25-21(16-28-20-10-9-17-7-4-8-19(17)15-20)29-22(18-5-2-1-3-6-18)23(26)24-11-13-27-14-12-24/h1-3,5-6,9-10,15,22H,4,7-8,11-14,16H2/t22-/m1/s1. The zero-order chi connectivity index (χ0) is 20.1. The van der Waals surface area contributed by atoms with E-state index in [-0.39, 0.29) is 12.5 Å². The van der Waals surface area contributed by atoms with Crippen molar-refractivity contribution in [1.29, 1.82) is 0 Å². The van der Waals surface area contributed by atoms with Crippen LogP contribution in [0.15, 0.2) is 48.5 Å². The van der Waals surface area contributed by atoms with Crippen molar-refractivity contribution >= 4 is 11.9 Å². The van der Waals surface area contributed by atoms with Gasteiger partial charge in [-0.25, -0.2) is 4.79 Å². The summed E-state index contributed by atoms with van der Waals surface area (Å²) in [7, 11) is 0. The Morgan fingerprint density at radius 1 is 1.00 bits per heavy atom. The molecule has 1 heterocycles. The molecule has 1 fully saturated rings. The molecule has 2 aromatic carbocycles. The number of morpholine rings is 1.